The SMILES string of the molecule is Nn1c(N/N=C/c2cccnc2)nnc1SCC(=O)Nc1nnc(SCc2ccc(Cl)cc2)s1. The van der Waals surface area contributed by atoms with Crippen LogP contribution in [-0.4, -0.2) is 47.9 Å². The van der Waals surface area contributed by atoms with E-state index in [1.807, 2.05) is 30.3 Å². The van der Waals surface area contributed by atoms with Gasteiger partial charge in [0, 0.05) is 28.7 Å². The number of pyridine rings is 1. The van der Waals surface area contributed by atoms with E-state index in [4.69, 9.17) is 17.4 Å². The molecule has 34 heavy (non-hydrogen) atoms. The molecular formula is C19H17ClN10OS3. The van der Waals surface area contributed by atoms with E-state index in [1.54, 1.807) is 24.7 Å². The zero-order chi connectivity index (χ0) is 23.8. The Bertz CT molecular complexity index is 1260. The minimum Gasteiger partial charge on any atom is -0.334 e. The molecule has 0 radical (unpaired) electrons. The molecule has 1 amide bonds. The lowest BCUT2D eigenvalue weighted by Gasteiger charge is -2.03. The Morgan fingerprint density at radius 1 is 1.18 bits per heavy atom. The maximum Gasteiger partial charge on any atom is 0.264 e. The number of nitrogens with two attached hydrogens (primary N) is 1. The molecule has 0 atom stereocenters. The molecule has 0 aliphatic rings. The summed E-state index contributed by atoms with van der Waals surface area (Å²) in [6.45, 7) is 0. The Morgan fingerprint density at radius 2 is 2.03 bits per heavy atom. The Hall–Kier alpha value is -3.20. The quantitative estimate of drug-likeness (QED) is 0.0911. The van der Waals surface area contributed by atoms with E-state index >= 15 is 0 Å². The summed E-state index contributed by atoms with van der Waals surface area (Å²) in [6, 6.07) is 11.3. The number of carbonyl (C=O) groups is 1. The van der Waals surface area contributed by atoms with Crippen LogP contribution in [0, 0.1) is 0 Å². The number of halogens is 1. The number of hydrazone groups is 1. The van der Waals surface area contributed by atoms with Crippen molar-refractivity contribution in [3.8, 4) is 0 Å². The van der Waals surface area contributed by atoms with Gasteiger partial charge in [0.15, 0.2) is 4.34 Å². The van der Waals surface area contributed by atoms with Crippen LogP contribution < -0.4 is 16.6 Å². The van der Waals surface area contributed by atoms with Crippen molar-refractivity contribution in [1.82, 2.24) is 30.1 Å². The third-order valence-corrected chi connectivity index (χ3v) is 7.23. The standard InChI is InChI=1S/C19H17ClN10OS3/c20-14-5-3-12(4-6-14)10-33-19-29-27-17(34-19)24-15(31)11-32-18-28-26-16(30(18)21)25-23-9-13-2-1-7-22-8-13/h1-9H,10-11,21H2,(H,25,26)(H,24,27,31)/b23-9+. The Kier molecular flexibility index (Phi) is 8.30. The van der Waals surface area contributed by atoms with Crippen molar-refractivity contribution in [2.75, 3.05) is 22.3 Å². The summed E-state index contributed by atoms with van der Waals surface area (Å²) in [5.74, 6) is 6.74. The second-order valence-electron chi connectivity index (χ2n) is 6.46. The van der Waals surface area contributed by atoms with Gasteiger partial charge in [-0.15, -0.1) is 20.4 Å². The zero-order valence-corrected chi connectivity index (χ0v) is 20.5. The van der Waals surface area contributed by atoms with Crippen molar-refractivity contribution in [2.45, 2.75) is 15.2 Å². The fourth-order valence-corrected chi connectivity index (χ4v) is 4.90. The Labute approximate surface area is 211 Å². The molecule has 4 rings (SSSR count). The number of hydrogen-bond acceptors (Lipinski definition) is 12. The number of thioether (sulfide) groups is 2. The van der Waals surface area contributed by atoms with Crippen LogP contribution >= 0.6 is 46.5 Å². The number of amides is 1. The Balaban J connectivity index is 1.23. The number of nitrogen functional groups attached to an aromatic ring is 1. The molecule has 174 valence electrons. The molecule has 4 N–H and O–H groups in total. The minimum atomic E-state index is -0.262. The van der Waals surface area contributed by atoms with Crippen LogP contribution in [0.25, 0.3) is 0 Å². The maximum atomic E-state index is 12.3. The first kappa shape index (κ1) is 23.9. The lowest BCUT2D eigenvalue weighted by atomic mass is 10.2. The van der Waals surface area contributed by atoms with Crippen LogP contribution in [0.1, 0.15) is 11.1 Å². The highest BCUT2D eigenvalue weighted by atomic mass is 35.5. The fraction of sp³-hybridized carbons (Fsp3) is 0.105. The molecule has 0 spiro atoms. The number of hydrogen-bond donors (Lipinski definition) is 3. The monoisotopic (exact) mass is 532 g/mol. The van der Waals surface area contributed by atoms with Gasteiger partial charge in [0.2, 0.25) is 16.2 Å². The second kappa shape index (κ2) is 11.8. The van der Waals surface area contributed by atoms with E-state index in [0.29, 0.717) is 15.3 Å². The van der Waals surface area contributed by atoms with E-state index in [1.165, 1.54) is 27.8 Å². The predicted octanol–water partition coefficient (Wildman–Crippen LogP) is 3.36. The summed E-state index contributed by atoms with van der Waals surface area (Å²) >= 11 is 9.87. The number of carbonyl (C=O) groups excluding carboxylic acids is 1. The molecule has 0 saturated carbocycles. The van der Waals surface area contributed by atoms with Crippen LogP contribution in [0.4, 0.5) is 11.1 Å². The number of rotatable bonds is 10. The van der Waals surface area contributed by atoms with Crippen molar-refractivity contribution < 1.29 is 4.79 Å². The maximum absolute atomic E-state index is 12.3. The van der Waals surface area contributed by atoms with Crippen molar-refractivity contribution >= 4 is 69.7 Å². The number of nitrogens with one attached hydrogen (secondary N) is 2. The van der Waals surface area contributed by atoms with Gasteiger partial charge >= 0.3 is 0 Å². The van der Waals surface area contributed by atoms with Crippen molar-refractivity contribution in [1.29, 1.82) is 0 Å². The van der Waals surface area contributed by atoms with E-state index in [9.17, 15) is 4.79 Å². The molecule has 3 heterocycles. The molecular weight excluding hydrogens is 516 g/mol. The van der Waals surface area contributed by atoms with Gasteiger partial charge in [-0.25, -0.2) is 10.1 Å². The number of aromatic nitrogens is 6. The van der Waals surface area contributed by atoms with Gasteiger partial charge in [-0.3, -0.25) is 15.1 Å². The first-order valence-electron chi connectivity index (χ1n) is 9.60. The van der Waals surface area contributed by atoms with Crippen LogP contribution in [0.5, 0.6) is 0 Å². The molecule has 11 nitrogen and oxygen atoms in total. The normalized spacial score (nSPS) is 11.1. The van der Waals surface area contributed by atoms with E-state index in [0.717, 1.165) is 33.0 Å². The molecule has 0 saturated heterocycles. The highest BCUT2D eigenvalue weighted by Crippen LogP contribution is 2.29. The zero-order valence-electron chi connectivity index (χ0n) is 17.3. The third kappa shape index (κ3) is 6.90. The van der Waals surface area contributed by atoms with Crippen molar-refractivity contribution in [3.63, 3.8) is 0 Å². The van der Waals surface area contributed by atoms with Gasteiger partial charge in [-0.05, 0) is 23.8 Å². The average molecular weight is 533 g/mol. The summed E-state index contributed by atoms with van der Waals surface area (Å²) in [6.07, 6.45) is 4.91. The predicted molar refractivity (Wildman–Crippen MR) is 136 cm³/mol. The second-order valence-corrected chi connectivity index (χ2v) is 10.0. The van der Waals surface area contributed by atoms with Gasteiger partial charge in [0.1, 0.15) is 0 Å². The van der Waals surface area contributed by atoms with Gasteiger partial charge in [0.05, 0.1) is 12.0 Å². The fourth-order valence-electron chi connectivity index (χ4n) is 2.40. The molecule has 15 heteroatoms. The first-order valence-corrected chi connectivity index (χ1v) is 12.8. The summed E-state index contributed by atoms with van der Waals surface area (Å²) in [4.78, 5) is 16.3. The number of anilines is 2. The van der Waals surface area contributed by atoms with Crippen LogP contribution in [0.2, 0.25) is 5.02 Å². The Morgan fingerprint density at radius 3 is 2.82 bits per heavy atom. The van der Waals surface area contributed by atoms with Crippen LogP contribution in [-0.2, 0) is 10.5 Å². The number of nitrogens with zero attached hydrogens (tertiary/aromatic N) is 7. The molecule has 4 aromatic rings. The van der Waals surface area contributed by atoms with Gasteiger partial charge in [0.25, 0.3) is 5.95 Å². The highest BCUT2D eigenvalue weighted by Gasteiger charge is 2.14. The molecule has 3 aromatic heterocycles. The summed E-state index contributed by atoms with van der Waals surface area (Å²) in [5.41, 5.74) is 4.64. The van der Waals surface area contributed by atoms with Crippen LogP contribution in [0.15, 0.2) is 63.4 Å². The lowest BCUT2D eigenvalue weighted by Crippen LogP contribution is -2.16. The highest BCUT2D eigenvalue weighted by molar-refractivity contribution is 8.00. The number of benzene rings is 1. The first-order chi connectivity index (χ1) is 16.6. The molecule has 0 fully saturated rings. The summed E-state index contributed by atoms with van der Waals surface area (Å²) in [5, 5.41) is 24.3. The van der Waals surface area contributed by atoms with Crippen molar-refractivity contribution in [3.05, 3.63) is 64.9 Å². The van der Waals surface area contributed by atoms with E-state index < -0.39 is 0 Å². The third-order valence-electron chi connectivity index (χ3n) is 3.99. The van der Waals surface area contributed by atoms with E-state index in [-0.39, 0.29) is 17.6 Å². The summed E-state index contributed by atoms with van der Waals surface area (Å²) < 4.78 is 1.97. The lowest BCUT2D eigenvalue weighted by molar-refractivity contribution is -0.113. The average Bonchev–Trinajstić information content (AvgIpc) is 3.44. The molecule has 0 aliphatic carbocycles. The van der Waals surface area contributed by atoms with Crippen LogP contribution in [0.3, 0.4) is 0 Å². The molecule has 0 bridgehead atoms. The molecule has 1 aromatic carbocycles. The summed E-state index contributed by atoms with van der Waals surface area (Å²) in [7, 11) is 0. The van der Waals surface area contributed by atoms with E-state index in [2.05, 4.69) is 41.2 Å². The molecule has 0 unspecified atom stereocenters. The molecule has 0 aliphatic heterocycles. The van der Waals surface area contributed by atoms with Gasteiger partial charge in [-0.2, -0.15) is 5.10 Å². The van der Waals surface area contributed by atoms with Crippen molar-refractivity contribution in [2.24, 2.45) is 5.10 Å². The largest absolute Gasteiger partial charge is 0.334 e. The smallest absolute Gasteiger partial charge is 0.264 e. The topological polar surface area (TPSA) is 149 Å². The van der Waals surface area contributed by atoms with Gasteiger partial charge in [-0.1, -0.05) is 64.7 Å². The minimum absolute atomic E-state index is 0.0706. The van der Waals surface area contributed by atoms with Gasteiger partial charge < -0.3 is 5.84 Å².